The van der Waals surface area contributed by atoms with E-state index in [1.165, 1.54) is 6.07 Å². The number of anilines is 1. The minimum atomic E-state index is -0.869. The summed E-state index contributed by atoms with van der Waals surface area (Å²) in [6.45, 7) is 2.89. The average Bonchev–Trinajstić information content (AvgIpc) is 2.45. The Bertz CT molecular complexity index is 491. The Labute approximate surface area is 118 Å². The van der Waals surface area contributed by atoms with Crippen molar-refractivity contribution in [3.63, 3.8) is 0 Å². The number of hydrogen-bond acceptors (Lipinski definition) is 3. The molecule has 2 rings (SSSR count). The van der Waals surface area contributed by atoms with E-state index in [4.69, 9.17) is 0 Å². The molecule has 4 nitrogen and oxygen atoms in total. The van der Waals surface area contributed by atoms with Gasteiger partial charge in [-0.3, -0.25) is 4.79 Å². The summed E-state index contributed by atoms with van der Waals surface area (Å²) in [4.78, 5) is 13.8. The number of carbonyl (C=O) groups excluding carboxylic acids is 1. The molecule has 0 aromatic heterocycles. The largest absolute Gasteiger partial charge is 0.389 e. The minimum Gasteiger partial charge on any atom is -0.389 e. The zero-order valence-corrected chi connectivity index (χ0v) is 11.9. The Morgan fingerprint density at radius 1 is 1.55 bits per heavy atom. The second kappa shape index (κ2) is 6.22. The predicted molar refractivity (Wildman–Crippen MR) is 76.0 cm³/mol. The molecule has 1 saturated heterocycles. The molecule has 0 saturated carbocycles. The Kier molecular flexibility index (Phi) is 4.60. The van der Waals surface area contributed by atoms with Gasteiger partial charge in [0.2, 0.25) is 5.91 Å². The SMILES string of the molecule is CNC(=O)C1CCCN(c2cccc(F)c2C(C)O)C1. The summed E-state index contributed by atoms with van der Waals surface area (Å²) < 4.78 is 13.9. The van der Waals surface area contributed by atoms with Crippen molar-refractivity contribution in [1.29, 1.82) is 0 Å². The standard InChI is InChI=1S/C15H21FN2O2/c1-10(19)14-12(16)6-3-7-13(14)18-8-4-5-11(9-18)15(20)17-2/h3,6-7,10-11,19H,4-5,8-9H2,1-2H3,(H,17,20). The lowest BCUT2D eigenvalue weighted by atomic mass is 9.95. The Morgan fingerprint density at radius 3 is 2.95 bits per heavy atom. The van der Waals surface area contributed by atoms with Crippen LogP contribution in [0, 0.1) is 11.7 Å². The van der Waals surface area contributed by atoms with E-state index in [2.05, 4.69) is 5.32 Å². The maximum absolute atomic E-state index is 13.9. The molecule has 20 heavy (non-hydrogen) atoms. The van der Waals surface area contributed by atoms with Gasteiger partial charge in [-0.1, -0.05) is 6.07 Å². The number of nitrogens with one attached hydrogen (secondary N) is 1. The molecule has 0 bridgehead atoms. The number of aliphatic hydroxyl groups is 1. The van der Waals surface area contributed by atoms with E-state index >= 15 is 0 Å². The number of amides is 1. The number of rotatable bonds is 3. The van der Waals surface area contributed by atoms with E-state index in [0.29, 0.717) is 17.8 Å². The smallest absolute Gasteiger partial charge is 0.224 e. The molecule has 1 aromatic carbocycles. The number of halogens is 1. The van der Waals surface area contributed by atoms with Gasteiger partial charge in [-0.05, 0) is 31.9 Å². The summed E-state index contributed by atoms with van der Waals surface area (Å²) in [6, 6.07) is 4.79. The number of benzene rings is 1. The first-order chi connectivity index (χ1) is 9.54. The van der Waals surface area contributed by atoms with Crippen LogP contribution in [0.3, 0.4) is 0 Å². The summed E-state index contributed by atoms with van der Waals surface area (Å²) in [5.74, 6) is -0.469. The molecule has 5 heteroatoms. The van der Waals surface area contributed by atoms with E-state index in [0.717, 1.165) is 19.4 Å². The third kappa shape index (κ3) is 2.93. The summed E-state index contributed by atoms with van der Waals surface area (Å²) in [5, 5.41) is 12.5. The lowest BCUT2D eigenvalue weighted by Crippen LogP contribution is -2.42. The van der Waals surface area contributed by atoms with Crippen LogP contribution in [0.25, 0.3) is 0 Å². The predicted octanol–water partition coefficient (Wildman–Crippen LogP) is 1.84. The molecule has 1 fully saturated rings. The second-order valence-corrected chi connectivity index (χ2v) is 5.25. The van der Waals surface area contributed by atoms with Crippen LogP contribution in [0.2, 0.25) is 0 Å². The zero-order chi connectivity index (χ0) is 14.7. The van der Waals surface area contributed by atoms with Gasteiger partial charge < -0.3 is 15.3 Å². The minimum absolute atomic E-state index is 0.0182. The molecule has 2 N–H and O–H groups in total. The van der Waals surface area contributed by atoms with Gasteiger partial charge in [0.15, 0.2) is 0 Å². The van der Waals surface area contributed by atoms with Crippen molar-refractivity contribution in [3.8, 4) is 0 Å². The summed E-state index contributed by atoms with van der Waals surface area (Å²) in [5.41, 5.74) is 0.999. The highest BCUT2D eigenvalue weighted by Crippen LogP contribution is 2.31. The lowest BCUT2D eigenvalue weighted by Gasteiger charge is -2.35. The monoisotopic (exact) mass is 280 g/mol. The van der Waals surface area contributed by atoms with Crippen LogP contribution in [-0.2, 0) is 4.79 Å². The molecule has 0 radical (unpaired) electrons. The molecule has 1 aliphatic heterocycles. The maximum Gasteiger partial charge on any atom is 0.224 e. The van der Waals surface area contributed by atoms with Gasteiger partial charge in [-0.15, -0.1) is 0 Å². The van der Waals surface area contributed by atoms with Gasteiger partial charge in [0.25, 0.3) is 0 Å². The topological polar surface area (TPSA) is 52.6 Å². The zero-order valence-electron chi connectivity index (χ0n) is 11.9. The average molecular weight is 280 g/mol. The number of carbonyl (C=O) groups is 1. The highest BCUT2D eigenvalue weighted by atomic mass is 19.1. The van der Waals surface area contributed by atoms with E-state index in [-0.39, 0.29) is 11.8 Å². The van der Waals surface area contributed by atoms with Crippen molar-refractivity contribution in [2.45, 2.75) is 25.9 Å². The molecular formula is C15H21FN2O2. The fourth-order valence-corrected chi connectivity index (χ4v) is 2.83. The van der Waals surface area contributed by atoms with Crippen molar-refractivity contribution in [2.75, 3.05) is 25.0 Å². The van der Waals surface area contributed by atoms with Crippen molar-refractivity contribution in [2.24, 2.45) is 5.92 Å². The molecule has 2 atom stereocenters. The van der Waals surface area contributed by atoms with Crippen molar-refractivity contribution in [1.82, 2.24) is 5.32 Å². The molecule has 1 aliphatic rings. The quantitative estimate of drug-likeness (QED) is 0.888. The van der Waals surface area contributed by atoms with Crippen LogP contribution in [0.1, 0.15) is 31.4 Å². The fraction of sp³-hybridized carbons (Fsp3) is 0.533. The van der Waals surface area contributed by atoms with Gasteiger partial charge in [0.05, 0.1) is 12.0 Å². The molecular weight excluding hydrogens is 259 g/mol. The number of aliphatic hydroxyl groups excluding tert-OH is 1. The highest BCUT2D eigenvalue weighted by molar-refractivity contribution is 5.79. The summed E-state index contributed by atoms with van der Waals surface area (Å²) in [7, 11) is 1.63. The first kappa shape index (κ1) is 14.8. The Morgan fingerprint density at radius 2 is 2.30 bits per heavy atom. The van der Waals surface area contributed by atoms with Gasteiger partial charge >= 0.3 is 0 Å². The second-order valence-electron chi connectivity index (χ2n) is 5.25. The van der Waals surface area contributed by atoms with Gasteiger partial charge in [0, 0.05) is 31.4 Å². The van der Waals surface area contributed by atoms with Crippen LogP contribution in [0.4, 0.5) is 10.1 Å². The summed E-state index contributed by atoms with van der Waals surface area (Å²) >= 11 is 0. The van der Waals surface area contributed by atoms with Gasteiger partial charge in [-0.25, -0.2) is 4.39 Å². The first-order valence-corrected chi connectivity index (χ1v) is 6.97. The normalized spacial score (nSPS) is 20.6. The van der Waals surface area contributed by atoms with Crippen molar-refractivity contribution < 1.29 is 14.3 Å². The van der Waals surface area contributed by atoms with Crippen LogP contribution < -0.4 is 10.2 Å². The Balaban J connectivity index is 2.27. The number of hydrogen-bond donors (Lipinski definition) is 2. The number of nitrogens with zero attached hydrogens (tertiary/aromatic N) is 1. The van der Waals surface area contributed by atoms with Crippen LogP contribution in [0.15, 0.2) is 18.2 Å². The van der Waals surface area contributed by atoms with Crippen molar-refractivity contribution in [3.05, 3.63) is 29.6 Å². The van der Waals surface area contributed by atoms with Crippen LogP contribution in [0.5, 0.6) is 0 Å². The van der Waals surface area contributed by atoms with Crippen LogP contribution >= 0.6 is 0 Å². The fourth-order valence-electron chi connectivity index (χ4n) is 2.83. The van der Waals surface area contributed by atoms with Gasteiger partial charge in [-0.2, -0.15) is 0 Å². The van der Waals surface area contributed by atoms with E-state index < -0.39 is 11.9 Å². The van der Waals surface area contributed by atoms with E-state index in [9.17, 15) is 14.3 Å². The molecule has 0 aliphatic carbocycles. The molecule has 1 amide bonds. The molecule has 1 aromatic rings. The lowest BCUT2D eigenvalue weighted by molar-refractivity contribution is -0.124. The maximum atomic E-state index is 13.9. The van der Waals surface area contributed by atoms with Crippen LogP contribution in [-0.4, -0.2) is 31.2 Å². The van der Waals surface area contributed by atoms with Crippen molar-refractivity contribution >= 4 is 11.6 Å². The third-order valence-electron chi connectivity index (χ3n) is 3.83. The molecule has 1 heterocycles. The van der Waals surface area contributed by atoms with Gasteiger partial charge in [0.1, 0.15) is 5.82 Å². The Hall–Kier alpha value is -1.62. The molecule has 2 unspecified atom stereocenters. The highest BCUT2D eigenvalue weighted by Gasteiger charge is 2.27. The van der Waals surface area contributed by atoms with E-state index in [1.54, 1.807) is 26.1 Å². The first-order valence-electron chi connectivity index (χ1n) is 6.97. The molecule has 0 spiro atoms. The summed E-state index contributed by atoms with van der Waals surface area (Å²) in [6.07, 6.45) is 0.857. The van der Waals surface area contributed by atoms with E-state index in [1.807, 2.05) is 4.90 Å². The molecule has 110 valence electrons. The number of piperidine rings is 1. The third-order valence-corrected chi connectivity index (χ3v) is 3.83.